The second-order valence-corrected chi connectivity index (χ2v) is 6.31. The van der Waals surface area contributed by atoms with Crippen LogP contribution in [0.3, 0.4) is 0 Å². The van der Waals surface area contributed by atoms with Crippen LogP contribution in [0.25, 0.3) is 0 Å². The summed E-state index contributed by atoms with van der Waals surface area (Å²) >= 11 is 0. The van der Waals surface area contributed by atoms with Gasteiger partial charge in [0.15, 0.2) is 0 Å². The molecular formula is C18H29ClN2O2. The van der Waals surface area contributed by atoms with Crippen LogP contribution in [0.5, 0.6) is 0 Å². The van der Waals surface area contributed by atoms with Crippen LogP contribution in [0.1, 0.15) is 37.3 Å². The molecular weight excluding hydrogens is 312 g/mol. The van der Waals surface area contributed by atoms with Crippen LogP contribution < -0.4 is 10.6 Å². The number of nitrogens with one attached hydrogen (secondary N) is 2. The summed E-state index contributed by atoms with van der Waals surface area (Å²) in [6, 6.07) is 8.18. The Bertz CT molecular complexity index is 459. The molecule has 2 unspecified atom stereocenters. The number of hydrogen-bond donors (Lipinski definition) is 2. The maximum absolute atomic E-state index is 12.1. The first-order valence-electron chi connectivity index (χ1n) is 8.23. The third-order valence-electron chi connectivity index (χ3n) is 4.47. The Labute approximate surface area is 145 Å². The number of methoxy groups -OCH3 is 1. The first-order chi connectivity index (χ1) is 10.7. The third-order valence-corrected chi connectivity index (χ3v) is 4.47. The van der Waals surface area contributed by atoms with E-state index in [-0.39, 0.29) is 18.3 Å². The van der Waals surface area contributed by atoms with Gasteiger partial charge in [-0.2, -0.15) is 0 Å². The number of piperidine rings is 1. The summed E-state index contributed by atoms with van der Waals surface area (Å²) in [5, 5.41) is 6.45. The molecule has 1 fully saturated rings. The van der Waals surface area contributed by atoms with Crippen molar-refractivity contribution in [1.29, 1.82) is 0 Å². The highest BCUT2D eigenvalue weighted by Gasteiger charge is 2.21. The molecule has 2 atom stereocenters. The lowest BCUT2D eigenvalue weighted by atomic mass is 9.85. The van der Waals surface area contributed by atoms with E-state index in [9.17, 15) is 4.79 Å². The molecule has 0 spiro atoms. The Morgan fingerprint density at radius 1 is 1.35 bits per heavy atom. The topological polar surface area (TPSA) is 50.4 Å². The number of carbonyl (C=O) groups excluding carboxylic acids is 1. The maximum atomic E-state index is 12.1. The lowest BCUT2D eigenvalue weighted by Gasteiger charge is -2.28. The average molecular weight is 341 g/mol. The lowest BCUT2D eigenvalue weighted by molar-refractivity contribution is -0.122. The van der Waals surface area contributed by atoms with Gasteiger partial charge in [0.05, 0.1) is 6.61 Å². The second kappa shape index (κ2) is 10.6. The van der Waals surface area contributed by atoms with Gasteiger partial charge in [0.25, 0.3) is 0 Å². The number of ether oxygens (including phenoxy) is 1. The number of hydrogen-bond acceptors (Lipinski definition) is 3. The average Bonchev–Trinajstić information content (AvgIpc) is 2.55. The normalized spacial score (nSPS) is 18.8. The first-order valence-corrected chi connectivity index (χ1v) is 8.23. The minimum Gasteiger partial charge on any atom is -0.380 e. The predicted octanol–water partition coefficient (Wildman–Crippen LogP) is 2.90. The van der Waals surface area contributed by atoms with Crippen molar-refractivity contribution in [2.24, 2.45) is 11.8 Å². The van der Waals surface area contributed by atoms with Gasteiger partial charge in [-0.3, -0.25) is 4.79 Å². The van der Waals surface area contributed by atoms with Gasteiger partial charge in [0.1, 0.15) is 0 Å². The zero-order chi connectivity index (χ0) is 15.8. The molecule has 1 saturated heterocycles. The van der Waals surface area contributed by atoms with E-state index in [1.807, 2.05) is 24.3 Å². The molecule has 2 rings (SSSR count). The number of halogens is 1. The molecule has 130 valence electrons. The molecule has 0 aromatic heterocycles. The first kappa shape index (κ1) is 19.9. The van der Waals surface area contributed by atoms with Crippen molar-refractivity contribution in [1.82, 2.24) is 10.6 Å². The fourth-order valence-corrected chi connectivity index (χ4v) is 3.02. The highest BCUT2D eigenvalue weighted by molar-refractivity contribution is 5.85. The Hall–Kier alpha value is -1.10. The summed E-state index contributed by atoms with van der Waals surface area (Å²) in [4.78, 5) is 12.1. The number of rotatable bonds is 7. The largest absolute Gasteiger partial charge is 0.380 e. The molecule has 0 bridgehead atoms. The number of carbonyl (C=O) groups is 1. The lowest BCUT2D eigenvalue weighted by Crippen LogP contribution is -2.35. The Morgan fingerprint density at radius 3 is 2.65 bits per heavy atom. The zero-order valence-corrected chi connectivity index (χ0v) is 15.0. The Kier molecular flexibility index (Phi) is 9.22. The van der Waals surface area contributed by atoms with Crippen molar-refractivity contribution in [2.75, 3.05) is 20.2 Å². The van der Waals surface area contributed by atoms with Crippen molar-refractivity contribution in [3.63, 3.8) is 0 Å². The van der Waals surface area contributed by atoms with E-state index in [2.05, 4.69) is 17.6 Å². The van der Waals surface area contributed by atoms with E-state index < -0.39 is 0 Å². The van der Waals surface area contributed by atoms with Gasteiger partial charge in [0, 0.05) is 20.1 Å². The van der Waals surface area contributed by atoms with Gasteiger partial charge in [-0.1, -0.05) is 31.2 Å². The molecule has 5 heteroatoms. The van der Waals surface area contributed by atoms with Gasteiger partial charge in [-0.05, 0) is 48.9 Å². The van der Waals surface area contributed by atoms with E-state index in [0.717, 1.165) is 24.2 Å². The summed E-state index contributed by atoms with van der Waals surface area (Å²) < 4.78 is 5.09. The van der Waals surface area contributed by atoms with Crippen molar-refractivity contribution >= 4 is 18.3 Å². The molecule has 2 N–H and O–H groups in total. The minimum atomic E-state index is 0. The standard InChI is InChI=1S/C18H28N2O2.ClH/c1-14(17-4-3-9-19-12-17)10-18(21)20-11-15-5-7-16(8-6-15)13-22-2;/h5-8,14,17,19H,3-4,9-13H2,1-2H3,(H,20,21);1H. The number of amides is 1. The smallest absolute Gasteiger partial charge is 0.220 e. The van der Waals surface area contributed by atoms with Gasteiger partial charge < -0.3 is 15.4 Å². The summed E-state index contributed by atoms with van der Waals surface area (Å²) in [6.45, 7) is 5.59. The van der Waals surface area contributed by atoms with E-state index in [0.29, 0.717) is 31.4 Å². The summed E-state index contributed by atoms with van der Waals surface area (Å²) in [7, 11) is 1.69. The highest BCUT2D eigenvalue weighted by atomic mass is 35.5. The fraction of sp³-hybridized carbons (Fsp3) is 0.611. The molecule has 0 saturated carbocycles. The van der Waals surface area contributed by atoms with Gasteiger partial charge in [0.2, 0.25) is 5.91 Å². The van der Waals surface area contributed by atoms with Crippen LogP contribution in [0.15, 0.2) is 24.3 Å². The monoisotopic (exact) mass is 340 g/mol. The van der Waals surface area contributed by atoms with Crippen LogP contribution in [-0.2, 0) is 22.7 Å². The van der Waals surface area contributed by atoms with Crippen molar-refractivity contribution in [3.8, 4) is 0 Å². The number of benzene rings is 1. The molecule has 1 aromatic carbocycles. The van der Waals surface area contributed by atoms with Gasteiger partial charge in [-0.25, -0.2) is 0 Å². The molecule has 1 heterocycles. The summed E-state index contributed by atoms with van der Waals surface area (Å²) in [5.74, 6) is 1.23. The van der Waals surface area contributed by atoms with Crippen LogP contribution in [-0.4, -0.2) is 26.1 Å². The van der Waals surface area contributed by atoms with Crippen LogP contribution in [0.2, 0.25) is 0 Å². The van der Waals surface area contributed by atoms with Crippen molar-refractivity contribution in [3.05, 3.63) is 35.4 Å². The van der Waals surface area contributed by atoms with Gasteiger partial charge in [-0.15, -0.1) is 12.4 Å². The molecule has 23 heavy (non-hydrogen) atoms. The van der Waals surface area contributed by atoms with E-state index in [4.69, 9.17) is 4.74 Å². The van der Waals surface area contributed by atoms with Crippen LogP contribution >= 0.6 is 12.4 Å². The third kappa shape index (κ3) is 6.90. The molecule has 1 aliphatic heterocycles. The van der Waals surface area contributed by atoms with Gasteiger partial charge >= 0.3 is 0 Å². The predicted molar refractivity (Wildman–Crippen MR) is 95.6 cm³/mol. The van der Waals surface area contributed by atoms with Crippen LogP contribution in [0, 0.1) is 11.8 Å². The highest BCUT2D eigenvalue weighted by Crippen LogP contribution is 2.22. The van der Waals surface area contributed by atoms with Crippen molar-refractivity contribution in [2.45, 2.75) is 39.3 Å². The Balaban J connectivity index is 0.00000264. The van der Waals surface area contributed by atoms with E-state index in [1.165, 1.54) is 12.8 Å². The van der Waals surface area contributed by atoms with E-state index >= 15 is 0 Å². The molecule has 4 nitrogen and oxygen atoms in total. The molecule has 0 aliphatic carbocycles. The quantitative estimate of drug-likeness (QED) is 0.802. The zero-order valence-electron chi connectivity index (χ0n) is 14.1. The minimum absolute atomic E-state index is 0. The Morgan fingerprint density at radius 2 is 2.04 bits per heavy atom. The molecule has 1 aromatic rings. The SMILES string of the molecule is COCc1ccc(CNC(=O)CC(C)C2CCCNC2)cc1.Cl. The van der Waals surface area contributed by atoms with E-state index in [1.54, 1.807) is 7.11 Å². The maximum Gasteiger partial charge on any atom is 0.220 e. The molecule has 1 aliphatic rings. The second-order valence-electron chi connectivity index (χ2n) is 6.31. The van der Waals surface area contributed by atoms with Crippen molar-refractivity contribution < 1.29 is 9.53 Å². The molecule has 0 radical (unpaired) electrons. The summed E-state index contributed by atoms with van der Waals surface area (Å²) in [5.41, 5.74) is 2.27. The summed E-state index contributed by atoms with van der Waals surface area (Å²) in [6.07, 6.45) is 3.08. The fourth-order valence-electron chi connectivity index (χ4n) is 3.02. The molecule has 1 amide bonds. The van der Waals surface area contributed by atoms with Crippen LogP contribution in [0.4, 0.5) is 0 Å².